The largest absolute Gasteiger partial charge is 0.486 e. The minimum atomic E-state index is -0.490. The summed E-state index contributed by atoms with van der Waals surface area (Å²) in [6.45, 7) is 13.0. The fourth-order valence-electron chi connectivity index (χ4n) is 4.46. The molecular formula is C19H29NO2. The Hall–Kier alpha value is -1.06. The van der Waals surface area contributed by atoms with Crippen molar-refractivity contribution in [2.75, 3.05) is 13.1 Å². The Morgan fingerprint density at radius 2 is 1.82 bits per heavy atom. The third-order valence-electron chi connectivity index (χ3n) is 5.16. The van der Waals surface area contributed by atoms with Gasteiger partial charge in [0.15, 0.2) is 0 Å². The molecule has 1 aromatic rings. The summed E-state index contributed by atoms with van der Waals surface area (Å²) in [6.07, 6.45) is 0.784. The zero-order valence-corrected chi connectivity index (χ0v) is 14.5. The van der Waals surface area contributed by atoms with Gasteiger partial charge in [-0.15, -0.1) is 0 Å². The Morgan fingerprint density at radius 1 is 1.18 bits per heavy atom. The Labute approximate surface area is 134 Å². The van der Waals surface area contributed by atoms with Crippen LogP contribution in [0.4, 0.5) is 0 Å². The van der Waals surface area contributed by atoms with E-state index in [9.17, 15) is 5.11 Å². The van der Waals surface area contributed by atoms with Crippen LogP contribution < -0.4 is 4.74 Å². The van der Waals surface area contributed by atoms with Crippen molar-refractivity contribution in [2.24, 2.45) is 11.8 Å². The summed E-state index contributed by atoms with van der Waals surface area (Å²) in [7, 11) is 0. The second-order valence-electron chi connectivity index (χ2n) is 8.04. The average Bonchev–Trinajstić information content (AvgIpc) is 2.38. The summed E-state index contributed by atoms with van der Waals surface area (Å²) in [4.78, 5) is 2.45. The highest BCUT2D eigenvalue weighted by Crippen LogP contribution is 2.43. The Balaban J connectivity index is 1.96. The molecule has 2 aliphatic rings. The van der Waals surface area contributed by atoms with Gasteiger partial charge in [-0.2, -0.15) is 0 Å². The van der Waals surface area contributed by atoms with Gasteiger partial charge in [0.1, 0.15) is 17.5 Å². The molecule has 0 aliphatic carbocycles. The zero-order valence-electron chi connectivity index (χ0n) is 14.5. The van der Waals surface area contributed by atoms with Crippen LogP contribution in [0.1, 0.15) is 51.3 Å². The number of benzene rings is 1. The van der Waals surface area contributed by atoms with Crippen molar-refractivity contribution in [1.82, 2.24) is 4.90 Å². The molecule has 0 radical (unpaired) electrons. The van der Waals surface area contributed by atoms with Gasteiger partial charge in [0.05, 0.1) is 6.04 Å². The van der Waals surface area contributed by atoms with Gasteiger partial charge in [-0.1, -0.05) is 25.5 Å². The number of aryl methyl sites for hydroxylation is 1. The smallest absolute Gasteiger partial charge is 0.126 e. The predicted octanol–water partition coefficient (Wildman–Crippen LogP) is 3.55. The first-order valence-electron chi connectivity index (χ1n) is 8.49. The first kappa shape index (κ1) is 15.8. The monoisotopic (exact) mass is 303 g/mol. The van der Waals surface area contributed by atoms with Gasteiger partial charge in [-0.25, -0.2) is 0 Å². The number of aliphatic hydroxyl groups excluding tert-OH is 1. The SMILES string of the molecule is Cc1ccc2c(c1)C(O)C(N1CC(C)CC(C)C1)C(C)(C)O2. The van der Waals surface area contributed by atoms with E-state index in [0.29, 0.717) is 11.8 Å². The van der Waals surface area contributed by atoms with Crippen molar-refractivity contribution >= 4 is 0 Å². The summed E-state index contributed by atoms with van der Waals surface area (Å²) in [6, 6.07) is 6.12. The maximum atomic E-state index is 11.1. The third-order valence-corrected chi connectivity index (χ3v) is 5.16. The first-order valence-corrected chi connectivity index (χ1v) is 8.49. The Morgan fingerprint density at radius 3 is 2.45 bits per heavy atom. The molecule has 0 spiro atoms. The highest BCUT2D eigenvalue weighted by atomic mass is 16.5. The number of likely N-dealkylation sites (tertiary alicyclic amines) is 1. The van der Waals surface area contributed by atoms with Crippen LogP contribution in [0.5, 0.6) is 5.75 Å². The lowest BCUT2D eigenvalue weighted by molar-refractivity contribution is -0.0976. The quantitative estimate of drug-likeness (QED) is 0.861. The van der Waals surface area contributed by atoms with E-state index >= 15 is 0 Å². The highest BCUT2D eigenvalue weighted by molar-refractivity contribution is 5.42. The van der Waals surface area contributed by atoms with Crippen molar-refractivity contribution in [3.63, 3.8) is 0 Å². The summed E-state index contributed by atoms with van der Waals surface area (Å²) in [5.41, 5.74) is 1.72. The van der Waals surface area contributed by atoms with Crippen molar-refractivity contribution < 1.29 is 9.84 Å². The zero-order chi connectivity index (χ0) is 16.1. The molecule has 4 atom stereocenters. The van der Waals surface area contributed by atoms with Gasteiger partial charge in [0.2, 0.25) is 0 Å². The molecule has 1 fully saturated rings. The molecule has 122 valence electrons. The average molecular weight is 303 g/mol. The van der Waals surface area contributed by atoms with Crippen molar-refractivity contribution in [3.8, 4) is 5.75 Å². The van der Waals surface area contributed by atoms with Crippen molar-refractivity contribution in [3.05, 3.63) is 29.3 Å². The maximum absolute atomic E-state index is 11.1. The van der Waals surface area contributed by atoms with E-state index in [1.807, 2.05) is 12.1 Å². The normalized spacial score (nSPS) is 34.8. The molecule has 3 rings (SSSR count). The van der Waals surface area contributed by atoms with Gasteiger partial charge in [0.25, 0.3) is 0 Å². The van der Waals surface area contributed by atoms with Crippen LogP contribution in [0.15, 0.2) is 18.2 Å². The fourth-order valence-corrected chi connectivity index (χ4v) is 4.46. The Bertz CT molecular complexity index is 544. The summed E-state index contributed by atoms with van der Waals surface area (Å²) >= 11 is 0. The van der Waals surface area contributed by atoms with E-state index in [2.05, 4.69) is 45.6 Å². The van der Waals surface area contributed by atoms with Crippen LogP contribution in [0, 0.1) is 18.8 Å². The number of rotatable bonds is 1. The van der Waals surface area contributed by atoms with Gasteiger partial charge in [-0.3, -0.25) is 4.90 Å². The molecule has 4 unspecified atom stereocenters. The Kier molecular flexibility index (Phi) is 3.98. The third kappa shape index (κ3) is 2.77. The lowest BCUT2D eigenvalue weighted by Gasteiger charge is -2.51. The van der Waals surface area contributed by atoms with Crippen LogP contribution in [-0.2, 0) is 0 Å². The summed E-state index contributed by atoms with van der Waals surface area (Å²) in [5, 5.41) is 11.1. The second kappa shape index (κ2) is 5.54. The minimum absolute atomic E-state index is 0.00648. The molecular weight excluding hydrogens is 274 g/mol. The molecule has 1 aromatic carbocycles. The number of aliphatic hydroxyl groups is 1. The van der Waals surface area contributed by atoms with Gasteiger partial charge >= 0.3 is 0 Å². The molecule has 1 N–H and O–H groups in total. The van der Waals surface area contributed by atoms with Crippen molar-refractivity contribution in [1.29, 1.82) is 0 Å². The molecule has 0 bridgehead atoms. The lowest BCUT2D eigenvalue weighted by atomic mass is 9.81. The number of nitrogens with zero attached hydrogens (tertiary/aromatic N) is 1. The molecule has 3 nitrogen and oxygen atoms in total. The second-order valence-corrected chi connectivity index (χ2v) is 8.04. The van der Waals surface area contributed by atoms with E-state index in [1.54, 1.807) is 0 Å². The predicted molar refractivity (Wildman–Crippen MR) is 89.2 cm³/mol. The summed E-state index contributed by atoms with van der Waals surface area (Å²) in [5.74, 6) is 2.17. The molecule has 3 heteroatoms. The van der Waals surface area contributed by atoms with Crippen molar-refractivity contribution in [2.45, 2.75) is 58.8 Å². The van der Waals surface area contributed by atoms with Gasteiger partial charge < -0.3 is 9.84 Å². The van der Waals surface area contributed by atoms with Crippen LogP contribution in [0.25, 0.3) is 0 Å². The summed E-state index contributed by atoms with van der Waals surface area (Å²) < 4.78 is 6.28. The van der Waals surface area contributed by atoms with Crippen LogP contribution in [0.2, 0.25) is 0 Å². The number of hydrogen-bond donors (Lipinski definition) is 1. The van der Waals surface area contributed by atoms with Crippen LogP contribution in [0.3, 0.4) is 0 Å². The molecule has 0 saturated carbocycles. The lowest BCUT2D eigenvalue weighted by Crippen LogP contribution is -2.60. The number of fused-ring (bicyclic) bond motifs is 1. The van der Waals surface area contributed by atoms with Crippen LogP contribution >= 0.6 is 0 Å². The molecule has 2 aliphatic heterocycles. The number of piperidine rings is 1. The number of ether oxygens (including phenoxy) is 1. The molecule has 22 heavy (non-hydrogen) atoms. The van der Waals surface area contributed by atoms with Crippen LogP contribution in [-0.4, -0.2) is 34.7 Å². The maximum Gasteiger partial charge on any atom is 0.126 e. The molecule has 0 aromatic heterocycles. The van der Waals surface area contributed by atoms with Gasteiger partial charge in [-0.05, 0) is 51.2 Å². The first-order chi connectivity index (χ1) is 10.3. The van der Waals surface area contributed by atoms with E-state index in [4.69, 9.17) is 4.74 Å². The van der Waals surface area contributed by atoms with E-state index in [1.165, 1.54) is 12.0 Å². The molecule has 2 heterocycles. The highest BCUT2D eigenvalue weighted by Gasteiger charge is 2.47. The topological polar surface area (TPSA) is 32.7 Å². The van der Waals surface area contributed by atoms with E-state index < -0.39 is 11.7 Å². The van der Waals surface area contributed by atoms with E-state index in [0.717, 1.165) is 24.4 Å². The van der Waals surface area contributed by atoms with Gasteiger partial charge in [0, 0.05) is 18.7 Å². The molecule has 1 saturated heterocycles. The van der Waals surface area contributed by atoms with E-state index in [-0.39, 0.29) is 6.04 Å². The minimum Gasteiger partial charge on any atom is -0.486 e. The fraction of sp³-hybridized carbons (Fsp3) is 0.684. The molecule has 0 amide bonds. The standard InChI is InChI=1S/C19H29NO2/c1-12-6-7-16-15(9-12)17(21)18(19(4,5)22-16)20-10-13(2)8-14(3)11-20/h6-7,9,13-14,17-18,21H,8,10-11H2,1-5H3. The number of hydrogen-bond acceptors (Lipinski definition) is 3.